The van der Waals surface area contributed by atoms with Crippen molar-refractivity contribution in [1.82, 2.24) is 30.3 Å². The van der Waals surface area contributed by atoms with Gasteiger partial charge in [0.2, 0.25) is 0 Å². The molecule has 2 heterocycles. The van der Waals surface area contributed by atoms with Crippen LogP contribution < -0.4 is 10.6 Å². The molecule has 0 spiro atoms. The molecule has 4 N–H and O–H groups in total. The molecule has 0 fully saturated rings. The van der Waals surface area contributed by atoms with Gasteiger partial charge in [-0.15, -0.1) is 5.10 Å². The Morgan fingerprint density at radius 3 is 2.96 bits per heavy atom. The first-order chi connectivity index (χ1) is 13.1. The van der Waals surface area contributed by atoms with Crippen LogP contribution in [0.4, 0.5) is 10.5 Å². The standard InChI is InChI=1S/C16H17N7O4/c1-27-15(25)12-8-23(22-21-12)11-4-2-3-10(7-11)19-16(26)20-13(9-24)14-17-5-6-18-14/h2-8,13,24H,9H2,1H3,(H,17,18)(H2,19,20,26). The highest BCUT2D eigenvalue weighted by Gasteiger charge is 2.16. The van der Waals surface area contributed by atoms with Crippen LogP contribution in [0.2, 0.25) is 0 Å². The number of H-pyrrole nitrogens is 1. The Hall–Kier alpha value is -3.73. The maximum atomic E-state index is 12.2. The number of hydrogen-bond acceptors (Lipinski definition) is 7. The lowest BCUT2D eigenvalue weighted by atomic mass is 10.2. The van der Waals surface area contributed by atoms with E-state index in [0.717, 1.165) is 0 Å². The van der Waals surface area contributed by atoms with Crippen molar-refractivity contribution in [3.8, 4) is 5.69 Å². The minimum Gasteiger partial charge on any atom is -0.464 e. The number of nitrogens with one attached hydrogen (secondary N) is 3. The molecule has 1 unspecified atom stereocenters. The first kappa shape index (κ1) is 18.1. The molecule has 2 aromatic heterocycles. The number of hydrogen-bond donors (Lipinski definition) is 4. The minimum absolute atomic E-state index is 0.0674. The van der Waals surface area contributed by atoms with Crippen LogP contribution in [0, 0.1) is 0 Å². The van der Waals surface area contributed by atoms with E-state index in [2.05, 4.69) is 35.7 Å². The predicted molar refractivity (Wildman–Crippen MR) is 93.3 cm³/mol. The third kappa shape index (κ3) is 4.27. The molecule has 0 saturated heterocycles. The Balaban J connectivity index is 1.69. The first-order valence-corrected chi connectivity index (χ1v) is 7.89. The molecule has 0 saturated carbocycles. The summed E-state index contributed by atoms with van der Waals surface area (Å²) in [5.74, 6) is -0.151. The maximum Gasteiger partial charge on any atom is 0.360 e. The van der Waals surface area contributed by atoms with Gasteiger partial charge >= 0.3 is 12.0 Å². The zero-order valence-electron chi connectivity index (χ0n) is 14.3. The van der Waals surface area contributed by atoms with E-state index < -0.39 is 18.0 Å². The molecule has 140 valence electrons. The smallest absolute Gasteiger partial charge is 0.360 e. The predicted octanol–water partition coefficient (Wildman–Crippen LogP) is 0.632. The number of methoxy groups -OCH3 is 1. The lowest BCUT2D eigenvalue weighted by Gasteiger charge is -2.15. The molecule has 2 amide bonds. The summed E-state index contributed by atoms with van der Waals surface area (Å²) >= 11 is 0. The van der Waals surface area contributed by atoms with Crippen LogP contribution >= 0.6 is 0 Å². The number of benzene rings is 1. The van der Waals surface area contributed by atoms with Crippen LogP contribution in [-0.4, -0.2) is 55.8 Å². The van der Waals surface area contributed by atoms with Crippen molar-refractivity contribution in [2.75, 3.05) is 19.0 Å². The third-order valence-corrected chi connectivity index (χ3v) is 3.59. The van der Waals surface area contributed by atoms with Gasteiger partial charge in [0.1, 0.15) is 11.9 Å². The molecule has 27 heavy (non-hydrogen) atoms. The molecule has 0 aliphatic heterocycles. The van der Waals surface area contributed by atoms with E-state index in [1.165, 1.54) is 24.2 Å². The second-order valence-electron chi connectivity index (χ2n) is 5.40. The number of aliphatic hydroxyl groups is 1. The zero-order chi connectivity index (χ0) is 19.2. The fourth-order valence-electron chi connectivity index (χ4n) is 2.31. The van der Waals surface area contributed by atoms with E-state index in [-0.39, 0.29) is 12.3 Å². The van der Waals surface area contributed by atoms with Gasteiger partial charge in [-0.2, -0.15) is 0 Å². The summed E-state index contributed by atoms with van der Waals surface area (Å²) in [6, 6.07) is 5.59. The fourth-order valence-corrected chi connectivity index (χ4v) is 2.31. The largest absolute Gasteiger partial charge is 0.464 e. The number of anilines is 1. The number of aromatic nitrogens is 5. The number of ether oxygens (including phenoxy) is 1. The molecule has 0 radical (unpaired) electrons. The van der Waals surface area contributed by atoms with Crippen LogP contribution in [0.15, 0.2) is 42.9 Å². The van der Waals surface area contributed by atoms with Crippen molar-refractivity contribution in [3.05, 3.63) is 54.4 Å². The molecule has 0 bridgehead atoms. The fraction of sp³-hybridized carbons (Fsp3) is 0.188. The number of carbonyl (C=O) groups excluding carboxylic acids is 2. The summed E-state index contributed by atoms with van der Waals surface area (Å²) in [5, 5.41) is 22.3. The van der Waals surface area contributed by atoms with Crippen molar-refractivity contribution < 1.29 is 19.4 Å². The number of aromatic amines is 1. The Morgan fingerprint density at radius 1 is 1.41 bits per heavy atom. The van der Waals surface area contributed by atoms with Crippen molar-refractivity contribution >= 4 is 17.7 Å². The first-order valence-electron chi connectivity index (χ1n) is 7.89. The van der Waals surface area contributed by atoms with Gasteiger partial charge in [0.05, 0.1) is 25.6 Å². The quantitative estimate of drug-likeness (QED) is 0.465. The van der Waals surface area contributed by atoms with E-state index in [1.807, 2.05) is 0 Å². The van der Waals surface area contributed by atoms with Crippen molar-refractivity contribution in [1.29, 1.82) is 0 Å². The Bertz CT molecular complexity index is 923. The average molecular weight is 371 g/mol. The SMILES string of the molecule is COC(=O)c1cn(-c2cccc(NC(=O)NC(CO)c3ncc[nH]3)c2)nn1. The zero-order valence-corrected chi connectivity index (χ0v) is 14.3. The molecule has 1 aromatic carbocycles. The minimum atomic E-state index is -0.666. The summed E-state index contributed by atoms with van der Waals surface area (Å²) in [5.41, 5.74) is 1.13. The summed E-state index contributed by atoms with van der Waals surface area (Å²) in [4.78, 5) is 30.5. The topological polar surface area (TPSA) is 147 Å². The van der Waals surface area contributed by atoms with E-state index in [4.69, 9.17) is 0 Å². The summed E-state index contributed by atoms with van der Waals surface area (Å²) in [7, 11) is 1.26. The molecule has 0 aliphatic rings. The second kappa shape index (κ2) is 8.10. The van der Waals surface area contributed by atoms with Gasteiger partial charge in [-0.05, 0) is 18.2 Å². The van der Waals surface area contributed by atoms with Gasteiger partial charge in [0.25, 0.3) is 0 Å². The molecule has 1 atom stereocenters. The van der Waals surface area contributed by atoms with Gasteiger partial charge in [0, 0.05) is 18.1 Å². The Kier molecular flexibility index (Phi) is 5.42. The monoisotopic (exact) mass is 371 g/mol. The van der Waals surface area contributed by atoms with Crippen molar-refractivity contribution in [2.45, 2.75) is 6.04 Å². The van der Waals surface area contributed by atoms with Gasteiger partial charge < -0.3 is 25.5 Å². The van der Waals surface area contributed by atoms with Gasteiger partial charge in [0.15, 0.2) is 5.69 Å². The number of esters is 1. The molecule has 3 rings (SSSR count). The summed E-state index contributed by atoms with van der Waals surface area (Å²) in [6.45, 7) is -0.309. The van der Waals surface area contributed by atoms with Crippen LogP contribution in [-0.2, 0) is 4.74 Å². The number of nitrogens with zero attached hydrogens (tertiary/aromatic N) is 4. The number of amides is 2. The molecule has 3 aromatic rings. The van der Waals surface area contributed by atoms with E-state index in [9.17, 15) is 14.7 Å². The van der Waals surface area contributed by atoms with Crippen molar-refractivity contribution in [2.24, 2.45) is 0 Å². The van der Waals surface area contributed by atoms with E-state index >= 15 is 0 Å². The maximum absolute atomic E-state index is 12.2. The molecule has 11 nitrogen and oxygen atoms in total. The summed E-state index contributed by atoms with van der Waals surface area (Å²) in [6.07, 6.45) is 4.55. The number of urea groups is 1. The Labute approximate surface area is 153 Å². The number of carbonyl (C=O) groups is 2. The lowest BCUT2D eigenvalue weighted by molar-refractivity contribution is 0.0594. The Morgan fingerprint density at radius 2 is 2.26 bits per heavy atom. The van der Waals surface area contributed by atoms with Crippen molar-refractivity contribution in [3.63, 3.8) is 0 Å². The van der Waals surface area contributed by atoms with Crippen LogP contribution in [0.25, 0.3) is 5.69 Å². The van der Waals surface area contributed by atoms with Gasteiger partial charge in [-0.3, -0.25) is 0 Å². The lowest BCUT2D eigenvalue weighted by Crippen LogP contribution is -2.35. The van der Waals surface area contributed by atoms with Crippen LogP contribution in [0.5, 0.6) is 0 Å². The van der Waals surface area contributed by atoms with Gasteiger partial charge in [-0.1, -0.05) is 11.3 Å². The van der Waals surface area contributed by atoms with E-state index in [1.54, 1.807) is 30.5 Å². The normalized spacial score (nSPS) is 11.6. The molecular weight excluding hydrogens is 354 g/mol. The number of aliphatic hydroxyl groups excluding tert-OH is 1. The highest BCUT2D eigenvalue weighted by molar-refractivity contribution is 5.90. The highest BCUT2D eigenvalue weighted by Crippen LogP contribution is 2.15. The number of rotatable bonds is 6. The highest BCUT2D eigenvalue weighted by atomic mass is 16.5. The second-order valence-corrected chi connectivity index (χ2v) is 5.40. The third-order valence-electron chi connectivity index (χ3n) is 3.59. The average Bonchev–Trinajstić information content (AvgIpc) is 3.37. The van der Waals surface area contributed by atoms with Gasteiger partial charge in [-0.25, -0.2) is 19.3 Å². The molecule has 0 aliphatic carbocycles. The van der Waals surface area contributed by atoms with Crippen LogP contribution in [0.1, 0.15) is 22.4 Å². The van der Waals surface area contributed by atoms with Crippen LogP contribution in [0.3, 0.4) is 0 Å². The number of imidazole rings is 1. The summed E-state index contributed by atoms with van der Waals surface area (Å²) < 4.78 is 5.98. The van der Waals surface area contributed by atoms with E-state index in [0.29, 0.717) is 17.2 Å². The molecular formula is C16H17N7O4. The molecule has 11 heteroatoms.